The Hall–Kier alpha value is -1.10. The second-order valence-corrected chi connectivity index (χ2v) is 5.09. The molecule has 2 amide bonds. The zero-order valence-electron chi connectivity index (χ0n) is 11.5. The minimum absolute atomic E-state index is 0.167. The molecule has 0 aliphatic heterocycles. The highest BCUT2D eigenvalue weighted by molar-refractivity contribution is 5.76. The van der Waals surface area contributed by atoms with Gasteiger partial charge in [-0.25, -0.2) is 0 Å². The van der Waals surface area contributed by atoms with Crippen LogP contribution in [0.3, 0.4) is 0 Å². The molecule has 0 radical (unpaired) electrons. The van der Waals surface area contributed by atoms with E-state index in [0.717, 1.165) is 38.8 Å². The smallest absolute Gasteiger partial charge is 0.222 e. The Labute approximate surface area is 109 Å². The van der Waals surface area contributed by atoms with Crippen molar-refractivity contribution in [2.24, 2.45) is 0 Å². The van der Waals surface area contributed by atoms with Gasteiger partial charge < -0.3 is 15.5 Å². The Kier molecular flexibility index (Phi) is 6.72. The van der Waals surface area contributed by atoms with Crippen LogP contribution in [-0.4, -0.2) is 49.9 Å². The fourth-order valence-corrected chi connectivity index (χ4v) is 1.61. The van der Waals surface area contributed by atoms with Gasteiger partial charge in [0, 0.05) is 33.0 Å². The highest BCUT2D eigenvalue weighted by Gasteiger charge is 2.22. The fraction of sp³-hybridized carbons (Fsp3) is 0.846. The third-order valence-corrected chi connectivity index (χ3v) is 2.94. The van der Waals surface area contributed by atoms with E-state index in [9.17, 15) is 9.59 Å². The zero-order valence-corrected chi connectivity index (χ0v) is 11.5. The van der Waals surface area contributed by atoms with Crippen LogP contribution in [0.5, 0.6) is 0 Å². The Bertz CT molecular complexity index is 275. The molecule has 0 aromatic carbocycles. The van der Waals surface area contributed by atoms with Gasteiger partial charge in [0.2, 0.25) is 11.8 Å². The Morgan fingerprint density at radius 2 is 1.72 bits per heavy atom. The van der Waals surface area contributed by atoms with E-state index in [0.29, 0.717) is 18.9 Å². The lowest BCUT2D eigenvalue weighted by molar-refractivity contribution is -0.128. The first-order valence-corrected chi connectivity index (χ1v) is 6.80. The molecule has 18 heavy (non-hydrogen) atoms. The predicted octanol–water partition coefficient (Wildman–Crippen LogP) is 0.503. The Morgan fingerprint density at radius 1 is 1.11 bits per heavy atom. The number of carbonyl (C=O) groups is 2. The summed E-state index contributed by atoms with van der Waals surface area (Å²) in [6.07, 6.45) is 5.18. The van der Waals surface area contributed by atoms with E-state index >= 15 is 0 Å². The molecule has 0 unspecified atom stereocenters. The van der Waals surface area contributed by atoms with Gasteiger partial charge in [-0.15, -0.1) is 0 Å². The summed E-state index contributed by atoms with van der Waals surface area (Å²) in [5.41, 5.74) is 0. The topological polar surface area (TPSA) is 61.4 Å². The van der Waals surface area contributed by atoms with Crippen LogP contribution < -0.4 is 10.6 Å². The molecule has 0 heterocycles. The van der Waals surface area contributed by atoms with Crippen molar-refractivity contribution in [3.8, 4) is 0 Å². The van der Waals surface area contributed by atoms with Crippen LogP contribution in [0, 0.1) is 0 Å². The summed E-state index contributed by atoms with van der Waals surface area (Å²) in [7, 11) is 3.54. The lowest BCUT2D eigenvalue weighted by Gasteiger charge is -2.10. The third-order valence-electron chi connectivity index (χ3n) is 2.94. The lowest BCUT2D eigenvalue weighted by atomic mass is 10.2. The molecule has 5 heteroatoms. The fourth-order valence-electron chi connectivity index (χ4n) is 1.61. The van der Waals surface area contributed by atoms with Crippen molar-refractivity contribution < 1.29 is 9.59 Å². The van der Waals surface area contributed by atoms with Crippen LogP contribution in [0.2, 0.25) is 0 Å². The summed E-state index contributed by atoms with van der Waals surface area (Å²) in [4.78, 5) is 24.2. The number of hydrogen-bond acceptors (Lipinski definition) is 3. The SMILES string of the molecule is CN(C)C(=O)CCCNCCCC(=O)NC1CC1. The molecule has 2 N–H and O–H groups in total. The maximum absolute atomic E-state index is 11.4. The second-order valence-electron chi connectivity index (χ2n) is 5.09. The molecular weight excluding hydrogens is 230 g/mol. The first-order chi connectivity index (χ1) is 8.59. The van der Waals surface area contributed by atoms with Crippen LogP contribution in [0.15, 0.2) is 0 Å². The number of nitrogens with zero attached hydrogens (tertiary/aromatic N) is 1. The van der Waals surface area contributed by atoms with Crippen molar-refractivity contribution >= 4 is 11.8 Å². The highest BCUT2D eigenvalue weighted by atomic mass is 16.2. The number of rotatable bonds is 9. The van der Waals surface area contributed by atoms with E-state index in [1.54, 1.807) is 19.0 Å². The maximum Gasteiger partial charge on any atom is 0.222 e. The summed E-state index contributed by atoms with van der Waals surface area (Å²) in [6.45, 7) is 1.68. The second kappa shape index (κ2) is 8.08. The van der Waals surface area contributed by atoms with Gasteiger partial charge in [0.1, 0.15) is 0 Å². The van der Waals surface area contributed by atoms with Crippen LogP contribution in [0.1, 0.15) is 38.5 Å². The molecule has 0 spiro atoms. The molecular formula is C13H25N3O2. The molecule has 5 nitrogen and oxygen atoms in total. The number of amides is 2. The van der Waals surface area contributed by atoms with Gasteiger partial charge in [-0.2, -0.15) is 0 Å². The van der Waals surface area contributed by atoms with Crippen LogP contribution in [0.4, 0.5) is 0 Å². The maximum atomic E-state index is 11.4. The monoisotopic (exact) mass is 255 g/mol. The van der Waals surface area contributed by atoms with Gasteiger partial charge >= 0.3 is 0 Å². The van der Waals surface area contributed by atoms with Crippen LogP contribution in [0.25, 0.3) is 0 Å². The molecule has 1 rings (SSSR count). The van der Waals surface area contributed by atoms with Crippen molar-refractivity contribution in [2.75, 3.05) is 27.2 Å². The predicted molar refractivity (Wildman–Crippen MR) is 71.2 cm³/mol. The summed E-state index contributed by atoms with van der Waals surface area (Å²) >= 11 is 0. The molecule has 1 fully saturated rings. The van der Waals surface area contributed by atoms with Gasteiger partial charge in [0.05, 0.1) is 0 Å². The molecule has 1 aliphatic carbocycles. The van der Waals surface area contributed by atoms with E-state index in [1.807, 2.05) is 0 Å². The third kappa shape index (κ3) is 7.27. The van der Waals surface area contributed by atoms with Gasteiger partial charge in [-0.05, 0) is 38.8 Å². The largest absolute Gasteiger partial charge is 0.353 e. The van der Waals surface area contributed by atoms with E-state index in [4.69, 9.17) is 0 Å². The quantitative estimate of drug-likeness (QED) is 0.590. The highest BCUT2D eigenvalue weighted by Crippen LogP contribution is 2.18. The number of hydrogen-bond donors (Lipinski definition) is 2. The molecule has 1 aliphatic rings. The number of nitrogens with one attached hydrogen (secondary N) is 2. The van der Waals surface area contributed by atoms with E-state index in [2.05, 4.69) is 10.6 Å². The van der Waals surface area contributed by atoms with Crippen molar-refractivity contribution in [2.45, 2.75) is 44.6 Å². The van der Waals surface area contributed by atoms with E-state index < -0.39 is 0 Å². The minimum atomic E-state index is 0.167. The zero-order chi connectivity index (χ0) is 13.4. The van der Waals surface area contributed by atoms with Crippen molar-refractivity contribution in [3.05, 3.63) is 0 Å². The van der Waals surface area contributed by atoms with Gasteiger partial charge in [-0.1, -0.05) is 0 Å². The summed E-state index contributed by atoms with van der Waals surface area (Å²) in [5.74, 6) is 0.336. The molecule has 0 aromatic rings. The lowest BCUT2D eigenvalue weighted by Crippen LogP contribution is -2.27. The first kappa shape index (κ1) is 15.0. The summed E-state index contributed by atoms with van der Waals surface area (Å²) in [6, 6.07) is 0.461. The van der Waals surface area contributed by atoms with Gasteiger partial charge in [0.15, 0.2) is 0 Å². The van der Waals surface area contributed by atoms with Gasteiger partial charge in [0.25, 0.3) is 0 Å². The molecule has 0 aromatic heterocycles. The number of carbonyl (C=O) groups excluding carboxylic acids is 2. The average molecular weight is 255 g/mol. The Morgan fingerprint density at radius 3 is 2.28 bits per heavy atom. The summed E-state index contributed by atoms with van der Waals surface area (Å²) in [5, 5.41) is 6.22. The molecule has 1 saturated carbocycles. The van der Waals surface area contributed by atoms with Crippen molar-refractivity contribution in [1.82, 2.24) is 15.5 Å². The average Bonchev–Trinajstić information content (AvgIpc) is 3.11. The van der Waals surface area contributed by atoms with E-state index in [1.165, 1.54) is 0 Å². The van der Waals surface area contributed by atoms with Crippen molar-refractivity contribution in [1.29, 1.82) is 0 Å². The first-order valence-electron chi connectivity index (χ1n) is 6.80. The van der Waals surface area contributed by atoms with E-state index in [-0.39, 0.29) is 11.8 Å². The van der Waals surface area contributed by atoms with Crippen LogP contribution >= 0.6 is 0 Å². The molecule has 0 bridgehead atoms. The Balaban J connectivity index is 1.83. The standard InChI is InChI=1S/C13H25N3O2/c1-16(2)13(18)6-4-10-14-9-3-5-12(17)15-11-7-8-11/h11,14H,3-10H2,1-2H3,(H,15,17). The van der Waals surface area contributed by atoms with Crippen LogP contribution in [-0.2, 0) is 9.59 Å². The molecule has 0 atom stereocenters. The molecule has 0 saturated heterocycles. The molecule has 104 valence electrons. The normalized spacial score (nSPS) is 14.3. The minimum Gasteiger partial charge on any atom is -0.353 e. The van der Waals surface area contributed by atoms with Gasteiger partial charge in [-0.3, -0.25) is 9.59 Å². The summed E-state index contributed by atoms with van der Waals surface area (Å²) < 4.78 is 0. The van der Waals surface area contributed by atoms with Crippen molar-refractivity contribution in [3.63, 3.8) is 0 Å².